The van der Waals surface area contributed by atoms with E-state index in [1.165, 1.54) is 0 Å². The first kappa shape index (κ1) is 20.1. The average molecular weight is 410 g/mol. The molecule has 0 aliphatic carbocycles. The Morgan fingerprint density at radius 2 is 2.23 bits per heavy atom. The van der Waals surface area contributed by atoms with E-state index in [2.05, 4.69) is 20.7 Å². The lowest BCUT2D eigenvalue weighted by Crippen LogP contribution is -2.40. The van der Waals surface area contributed by atoms with Crippen LogP contribution in [0, 0.1) is 12.8 Å². The molecule has 1 saturated heterocycles. The molecule has 1 fully saturated rings. The van der Waals surface area contributed by atoms with E-state index in [-0.39, 0.29) is 30.1 Å². The van der Waals surface area contributed by atoms with E-state index in [4.69, 9.17) is 0 Å². The Morgan fingerprint density at radius 3 is 2.97 bits per heavy atom. The molecule has 4 rings (SSSR count). The lowest BCUT2D eigenvalue weighted by Gasteiger charge is -2.30. The molecule has 2 aliphatic rings. The molecule has 4 heterocycles. The first-order valence-electron chi connectivity index (χ1n) is 10.3. The van der Waals surface area contributed by atoms with Crippen LogP contribution in [-0.2, 0) is 40.4 Å². The number of carbonyl (C=O) groups excluding carboxylic acids is 3. The number of aryl methyl sites for hydroxylation is 2. The highest BCUT2D eigenvalue weighted by Gasteiger charge is 2.33. The van der Waals surface area contributed by atoms with Crippen LogP contribution < -0.4 is 10.6 Å². The fraction of sp³-hybridized carbons (Fsp3) is 0.476. The highest BCUT2D eigenvalue weighted by atomic mass is 16.2. The number of pyridine rings is 1. The van der Waals surface area contributed by atoms with Crippen LogP contribution in [0.4, 0.5) is 0 Å². The Labute approximate surface area is 174 Å². The van der Waals surface area contributed by atoms with E-state index < -0.39 is 0 Å². The fourth-order valence-electron chi connectivity index (χ4n) is 3.93. The predicted molar refractivity (Wildman–Crippen MR) is 108 cm³/mol. The second-order valence-corrected chi connectivity index (χ2v) is 7.89. The molecule has 0 aromatic carbocycles. The van der Waals surface area contributed by atoms with Gasteiger partial charge in [0.1, 0.15) is 0 Å². The molecule has 0 radical (unpaired) electrons. The Balaban J connectivity index is 1.31. The molecule has 0 bridgehead atoms. The van der Waals surface area contributed by atoms with Crippen LogP contribution in [-0.4, -0.2) is 50.5 Å². The summed E-state index contributed by atoms with van der Waals surface area (Å²) in [6.45, 7) is 4.43. The van der Waals surface area contributed by atoms with E-state index in [0.29, 0.717) is 45.6 Å². The molecular weight excluding hydrogens is 384 g/mol. The molecule has 1 unspecified atom stereocenters. The number of amides is 3. The van der Waals surface area contributed by atoms with Gasteiger partial charge in [-0.25, -0.2) is 0 Å². The highest BCUT2D eigenvalue weighted by molar-refractivity contribution is 5.89. The van der Waals surface area contributed by atoms with E-state index in [1.54, 1.807) is 17.1 Å². The molecule has 9 heteroatoms. The molecule has 158 valence electrons. The molecule has 2 aliphatic heterocycles. The van der Waals surface area contributed by atoms with Crippen molar-refractivity contribution in [1.29, 1.82) is 0 Å². The maximum absolute atomic E-state index is 12.7. The van der Waals surface area contributed by atoms with Crippen molar-refractivity contribution in [2.75, 3.05) is 13.1 Å². The quantitative estimate of drug-likeness (QED) is 0.713. The van der Waals surface area contributed by atoms with E-state index in [9.17, 15) is 14.4 Å². The van der Waals surface area contributed by atoms with Gasteiger partial charge in [0, 0.05) is 75.8 Å². The summed E-state index contributed by atoms with van der Waals surface area (Å²) >= 11 is 0. The van der Waals surface area contributed by atoms with Gasteiger partial charge >= 0.3 is 0 Å². The Hall–Kier alpha value is -3.23. The normalized spacial score (nSPS) is 18.1. The molecule has 9 nitrogen and oxygen atoms in total. The minimum atomic E-state index is -0.270. The third-order valence-electron chi connectivity index (χ3n) is 5.70. The average Bonchev–Trinajstić information content (AvgIpc) is 3.37. The van der Waals surface area contributed by atoms with Gasteiger partial charge in [-0.05, 0) is 30.2 Å². The highest BCUT2D eigenvalue weighted by Crippen LogP contribution is 2.22. The van der Waals surface area contributed by atoms with Gasteiger partial charge in [0.25, 0.3) is 0 Å². The first-order chi connectivity index (χ1) is 14.5. The number of aromatic nitrogens is 3. The van der Waals surface area contributed by atoms with E-state index in [1.807, 2.05) is 24.0 Å². The van der Waals surface area contributed by atoms with Gasteiger partial charge in [-0.2, -0.15) is 5.10 Å². The van der Waals surface area contributed by atoms with Crippen LogP contribution in [0.15, 0.2) is 24.5 Å². The van der Waals surface area contributed by atoms with Crippen LogP contribution in [0.25, 0.3) is 0 Å². The zero-order valence-electron chi connectivity index (χ0n) is 17.1. The molecule has 2 N–H and O–H groups in total. The molecule has 1 atom stereocenters. The minimum Gasteiger partial charge on any atom is -0.355 e. The van der Waals surface area contributed by atoms with Crippen molar-refractivity contribution in [2.24, 2.45) is 5.92 Å². The van der Waals surface area contributed by atoms with Crippen molar-refractivity contribution in [1.82, 2.24) is 30.3 Å². The largest absolute Gasteiger partial charge is 0.355 e. The van der Waals surface area contributed by atoms with Gasteiger partial charge in [-0.3, -0.25) is 24.0 Å². The van der Waals surface area contributed by atoms with E-state index >= 15 is 0 Å². The lowest BCUT2D eigenvalue weighted by atomic mass is 10.0. The Bertz CT molecular complexity index is 969. The molecule has 30 heavy (non-hydrogen) atoms. The monoisotopic (exact) mass is 410 g/mol. The molecular formula is C21H26N6O3. The number of rotatable bonds is 6. The summed E-state index contributed by atoms with van der Waals surface area (Å²) < 4.78 is 1.80. The van der Waals surface area contributed by atoms with Gasteiger partial charge < -0.3 is 15.5 Å². The number of nitrogens with zero attached hydrogens (tertiary/aromatic N) is 4. The number of carbonyl (C=O) groups is 3. The first-order valence-corrected chi connectivity index (χ1v) is 10.3. The molecule has 3 amide bonds. The Kier molecular flexibility index (Phi) is 5.78. The van der Waals surface area contributed by atoms with Crippen LogP contribution in [0.2, 0.25) is 0 Å². The Morgan fingerprint density at radius 1 is 1.37 bits per heavy atom. The third-order valence-corrected chi connectivity index (χ3v) is 5.70. The summed E-state index contributed by atoms with van der Waals surface area (Å²) in [4.78, 5) is 42.6. The van der Waals surface area contributed by atoms with Gasteiger partial charge in [0.05, 0.1) is 5.92 Å². The minimum absolute atomic E-state index is 0.0200. The second-order valence-electron chi connectivity index (χ2n) is 7.89. The van der Waals surface area contributed by atoms with Crippen molar-refractivity contribution in [3.05, 3.63) is 47.0 Å². The predicted octanol–water partition coefficient (Wildman–Crippen LogP) is 0.314. The summed E-state index contributed by atoms with van der Waals surface area (Å²) in [5, 5.41) is 9.83. The van der Waals surface area contributed by atoms with Crippen LogP contribution >= 0.6 is 0 Å². The summed E-state index contributed by atoms with van der Waals surface area (Å²) in [6, 6.07) is 3.92. The van der Waals surface area contributed by atoms with Crippen molar-refractivity contribution in [3.8, 4) is 0 Å². The summed E-state index contributed by atoms with van der Waals surface area (Å²) in [7, 11) is 0. The van der Waals surface area contributed by atoms with E-state index in [0.717, 1.165) is 22.5 Å². The maximum Gasteiger partial charge on any atom is 0.228 e. The fourth-order valence-corrected chi connectivity index (χ4v) is 3.93. The topological polar surface area (TPSA) is 109 Å². The maximum atomic E-state index is 12.7. The molecule has 2 aromatic rings. The number of fused-ring (bicyclic) bond motifs is 1. The smallest absolute Gasteiger partial charge is 0.228 e. The molecule has 0 saturated carbocycles. The third kappa shape index (κ3) is 4.50. The zero-order valence-corrected chi connectivity index (χ0v) is 17.1. The molecule has 2 aromatic heterocycles. The summed E-state index contributed by atoms with van der Waals surface area (Å²) in [5.41, 5.74) is 3.93. The second kappa shape index (κ2) is 8.64. The SMILES string of the molecule is Cc1ccnn1CCC(=O)NCc1cnc2c(c1)CN(C(=O)C1CNC(=O)C1)CC2. The zero-order chi connectivity index (χ0) is 21.1. The van der Waals surface area contributed by atoms with Crippen molar-refractivity contribution < 1.29 is 14.4 Å². The standard InChI is InChI=1S/C21H26N6O3/c1-14-2-5-25-27(14)7-4-19(28)23-11-15-8-17-13-26(6-3-18(17)22-10-15)21(30)16-9-20(29)24-12-16/h2,5,8,10,16H,3-4,6-7,9,11-13H2,1H3,(H,23,28)(H,24,29). The number of nitrogens with one attached hydrogen (secondary N) is 2. The van der Waals surface area contributed by atoms with Crippen LogP contribution in [0.1, 0.15) is 35.4 Å². The van der Waals surface area contributed by atoms with Crippen molar-refractivity contribution in [2.45, 2.75) is 45.8 Å². The van der Waals surface area contributed by atoms with Gasteiger partial charge in [0.15, 0.2) is 0 Å². The van der Waals surface area contributed by atoms with Gasteiger partial charge in [0.2, 0.25) is 17.7 Å². The lowest BCUT2D eigenvalue weighted by molar-refractivity contribution is -0.136. The van der Waals surface area contributed by atoms with Crippen molar-refractivity contribution in [3.63, 3.8) is 0 Å². The summed E-state index contributed by atoms with van der Waals surface area (Å²) in [6.07, 6.45) is 4.84. The van der Waals surface area contributed by atoms with Crippen LogP contribution in [0.3, 0.4) is 0 Å². The van der Waals surface area contributed by atoms with Crippen molar-refractivity contribution >= 4 is 17.7 Å². The summed E-state index contributed by atoms with van der Waals surface area (Å²) in [5.74, 6) is -0.356. The van der Waals surface area contributed by atoms with Gasteiger partial charge in [-0.1, -0.05) is 0 Å². The van der Waals surface area contributed by atoms with Gasteiger partial charge in [-0.15, -0.1) is 0 Å². The molecule has 0 spiro atoms. The number of hydrogen-bond donors (Lipinski definition) is 2. The number of hydrogen-bond acceptors (Lipinski definition) is 5. The van der Waals surface area contributed by atoms with Crippen LogP contribution in [0.5, 0.6) is 0 Å².